The van der Waals surface area contributed by atoms with Crippen LogP contribution in [0.1, 0.15) is 31.2 Å². The van der Waals surface area contributed by atoms with E-state index >= 15 is 0 Å². The Kier molecular flexibility index (Phi) is 7.02. The second-order valence-electron chi connectivity index (χ2n) is 7.88. The van der Waals surface area contributed by atoms with Crippen molar-refractivity contribution in [1.29, 1.82) is 0 Å². The number of anilines is 2. The Balaban J connectivity index is 1.51. The molecule has 1 fully saturated rings. The Morgan fingerprint density at radius 2 is 1.75 bits per heavy atom. The second-order valence-corrected chi connectivity index (χ2v) is 9.85. The minimum Gasteiger partial charge on any atom is -0.496 e. The predicted molar refractivity (Wildman–Crippen MR) is 126 cm³/mol. The Morgan fingerprint density at radius 3 is 2.53 bits per heavy atom. The molecular formula is C24H28N4O3S. The van der Waals surface area contributed by atoms with Gasteiger partial charge in [-0.25, -0.2) is 22.7 Å². The van der Waals surface area contributed by atoms with Crippen molar-refractivity contribution in [3.05, 3.63) is 66.5 Å². The third kappa shape index (κ3) is 5.44. The lowest BCUT2D eigenvalue weighted by Crippen LogP contribution is -2.32. The molecule has 0 aliphatic carbocycles. The summed E-state index contributed by atoms with van der Waals surface area (Å²) in [5.74, 6) is 1.35. The van der Waals surface area contributed by atoms with Gasteiger partial charge >= 0.3 is 0 Å². The maximum absolute atomic E-state index is 12.9. The number of benzene rings is 2. The molecule has 0 bridgehead atoms. The second kappa shape index (κ2) is 10.1. The number of nitrogens with one attached hydrogen (secondary N) is 1. The van der Waals surface area contributed by atoms with Gasteiger partial charge in [0.25, 0.3) is 0 Å². The molecular weight excluding hydrogens is 424 g/mol. The van der Waals surface area contributed by atoms with Gasteiger partial charge in [0.15, 0.2) is 0 Å². The quantitative estimate of drug-likeness (QED) is 0.564. The van der Waals surface area contributed by atoms with Crippen LogP contribution >= 0.6 is 0 Å². The van der Waals surface area contributed by atoms with Crippen molar-refractivity contribution in [3.8, 4) is 17.0 Å². The Labute approximate surface area is 189 Å². The van der Waals surface area contributed by atoms with E-state index < -0.39 is 10.0 Å². The molecule has 0 spiro atoms. The molecule has 0 unspecified atom stereocenters. The summed E-state index contributed by atoms with van der Waals surface area (Å²) in [7, 11) is -1.70. The molecule has 3 aromatic rings. The minimum absolute atomic E-state index is 0.00123. The lowest BCUT2D eigenvalue weighted by Gasteiger charge is -2.20. The molecule has 7 nitrogen and oxygen atoms in total. The van der Waals surface area contributed by atoms with E-state index in [9.17, 15) is 8.42 Å². The summed E-state index contributed by atoms with van der Waals surface area (Å²) in [5.41, 5.74) is 3.13. The van der Waals surface area contributed by atoms with E-state index in [1.807, 2.05) is 54.6 Å². The van der Waals surface area contributed by atoms with Crippen LogP contribution in [-0.2, 0) is 15.8 Å². The van der Waals surface area contributed by atoms with Gasteiger partial charge in [0.05, 0.1) is 18.6 Å². The largest absolute Gasteiger partial charge is 0.496 e. The van der Waals surface area contributed by atoms with Crippen molar-refractivity contribution in [3.63, 3.8) is 0 Å². The van der Waals surface area contributed by atoms with Crippen molar-refractivity contribution in [1.82, 2.24) is 14.3 Å². The number of ether oxygens (including phenoxy) is 1. The Bertz CT molecular complexity index is 1160. The first-order chi connectivity index (χ1) is 15.5. The van der Waals surface area contributed by atoms with Gasteiger partial charge in [0.1, 0.15) is 17.9 Å². The van der Waals surface area contributed by atoms with Crippen LogP contribution in [0.2, 0.25) is 0 Å². The van der Waals surface area contributed by atoms with Crippen molar-refractivity contribution in [2.45, 2.75) is 31.4 Å². The molecule has 1 N–H and O–H groups in total. The average Bonchev–Trinajstić information content (AvgIpc) is 3.10. The van der Waals surface area contributed by atoms with Gasteiger partial charge in [0.2, 0.25) is 10.0 Å². The highest BCUT2D eigenvalue weighted by atomic mass is 32.2. The highest BCUT2D eigenvalue weighted by Gasteiger charge is 2.23. The predicted octanol–water partition coefficient (Wildman–Crippen LogP) is 4.60. The summed E-state index contributed by atoms with van der Waals surface area (Å²) in [6.45, 7) is 1.24. The molecule has 1 saturated heterocycles. The Morgan fingerprint density at radius 1 is 0.969 bits per heavy atom. The first kappa shape index (κ1) is 22.2. The van der Waals surface area contributed by atoms with Crippen LogP contribution < -0.4 is 10.1 Å². The van der Waals surface area contributed by atoms with E-state index in [0.29, 0.717) is 18.9 Å². The number of nitrogens with zero attached hydrogens (tertiary/aromatic N) is 3. The van der Waals surface area contributed by atoms with E-state index in [0.717, 1.165) is 53.9 Å². The van der Waals surface area contributed by atoms with E-state index in [1.54, 1.807) is 11.4 Å². The normalized spacial score (nSPS) is 15.2. The number of para-hydroxylation sites is 1. The molecule has 2 aromatic carbocycles. The van der Waals surface area contributed by atoms with Gasteiger partial charge in [-0.3, -0.25) is 0 Å². The van der Waals surface area contributed by atoms with E-state index in [2.05, 4.69) is 15.3 Å². The topological polar surface area (TPSA) is 84.4 Å². The summed E-state index contributed by atoms with van der Waals surface area (Å²) in [6, 6.07) is 17.0. The van der Waals surface area contributed by atoms with Crippen molar-refractivity contribution >= 4 is 21.5 Å². The molecule has 8 heteroatoms. The number of aromatic nitrogens is 2. The fourth-order valence-electron chi connectivity index (χ4n) is 3.94. The van der Waals surface area contributed by atoms with Crippen LogP contribution in [0.15, 0.2) is 60.9 Å². The molecule has 0 saturated carbocycles. The van der Waals surface area contributed by atoms with Gasteiger partial charge in [0, 0.05) is 30.4 Å². The molecule has 168 valence electrons. The smallest absolute Gasteiger partial charge is 0.218 e. The van der Waals surface area contributed by atoms with Crippen LogP contribution in [0.4, 0.5) is 11.5 Å². The highest BCUT2D eigenvalue weighted by molar-refractivity contribution is 7.88. The first-order valence-electron chi connectivity index (χ1n) is 10.8. The first-order valence-corrected chi connectivity index (χ1v) is 12.5. The number of methoxy groups -OCH3 is 1. The van der Waals surface area contributed by atoms with Gasteiger partial charge < -0.3 is 10.1 Å². The zero-order valence-corrected chi connectivity index (χ0v) is 19.0. The van der Waals surface area contributed by atoms with Crippen LogP contribution in [0.3, 0.4) is 0 Å². The third-order valence-corrected chi connectivity index (χ3v) is 7.41. The van der Waals surface area contributed by atoms with Crippen molar-refractivity contribution in [2.75, 3.05) is 25.5 Å². The molecule has 1 aromatic heterocycles. The fraction of sp³-hybridized carbons (Fsp3) is 0.333. The SMILES string of the molecule is COc1ccccc1-c1cc(Nc2cccc(CS(=O)(=O)N3CCCCCC3)c2)ncn1. The van der Waals surface area contributed by atoms with E-state index in [-0.39, 0.29) is 5.75 Å². The molecule has 1 aliphatic rings. The van der Waals surface area contributed by atoms with Crippen LogP contribution in [-0.4, -0.2) is 42.9 Å². The monoisotopic (exact) mass is 452 g/mol. The fourth-order valence-corrected chi connectivity index (χ4v) is 5.54. The minimum atomic E-state index is -3.33. The van der Waals surface area contributed by atoms with E-state index in [1.165, 1.54) is 6.33 Å². The molecule has 32 heavy (non-hydrogen) atoms. The molecule has 4 rings (SSSR count). The number of hydrogen-bond donors (Lipinski definition) is 1. The highest BCUT2D eigenvalue weighted by Crippen LogP contribution is 2.29. The van der Waals surface area contributed by atoms with E-state index in [4.69, 9.17) is 4.74 Å². The Hall–Kier alpha value is -2.97. The zero-order valence-electron chi connectivity index (χ0n) is 18.2. The average molecular weight is 453 g/mol. The standard InChI is InChI=1S/C24H28N4O3S/c1-31-23-12-5-4-11-21(23)22-16-24(26-18-25-22)27-20-10-8-9-19(15-20)17-32(29,30)28-13-6-2-3-7-14-28/h4-5,8-12,15-16,18H,2-3,6-7,13-14,17H2,1H3,(H,25,26,27). The van der Waals surface area contributed by atoms with Gasteiger partial charge in [-0.15, -0.1) is 0 Å². The van der Waals surface area contributed by atoms with Gasteiger partial charge in [-0.1, -0.05) is 37.1 Å². The summed E-state index contributed by atoms with van der Waals surface area (Å²) in [6.07, 6.45) is 5.56. The summed E-state index contributed by atoms with van der Waals surface area (Å²) < 4.78 is 32.9. The summed E-state index contributed by atoms with van der Waals surface area (Å²) in [5, 5.41) is 3.27. The molecule has 0 radical (unpaired) electrons. The summed E-state index contributed by atoms with van der Waals surface area (Å²) >= 11 is 0. The van der Waals surface area contributed by atoms with Gasteiger partial charge in [-0.2, -0.15) is 0 Å². The zero-order chi connectivity index (χ0) is 22.4. The molecule has 0 atom stereocenters. The van der Waals surface area contributed by atoms with Gasteiger partial charge in [-0.05, 0) is 42.7 Å². The maximum atomic E-state index is 12.9. The molecule has 2 heterocycles. The van der Waals surface area contributed by atoms with Crippen LogP contribution in [0.25, 0.3) is 11.3 Å². The number of rotatable bonds is 7. The van der Waals surface area contributed by atoms with Crippen LogP contribution in [0, 0.1) is 0 Å². The molecule has 1 aliphatic heterocycles. The summed E-state index contributed by atoms with van der Waals surface area (Å²) in [4.78, 5) is 8.68. The molecule has 0 amide bonds. The maximum Gasteiger partial charge on any atom is 0.218 e. The number of sulfonamides is 1. The third-order valence-electron chi connectivity index (χ3n) is 5.56. The van der Waals surface area contributed by atoms with Crippen LogP contribution in [0.5, 0.6) is 5.75 Å². The lowest BCUT2D eigenvalue weighted by molar-refractivity contribution is 0.416. The lowest BCUT2D eigenvalue weighted by atomic mass is 10.1. The number of hydrogen-bond acceptors (Lipinski definition) is 6. The van der Waals surface area contributed by atoms with Crippen molar-refractivity contribution in [2.24, 2.45) is 0 Å². The van der Waals surface area contributed by atoms with Crippen molar-refractivity contribution < 1.29 is 13.2 Å².